The van der Waals surface area contributed by atoms with Crippen molar-refractivity contribution in [2.75, 3.05) is 17.7 Å². The van der Waals surface area contributed by atoms with Crippen molar-refractivity contribution < 1.29 is 14.3 Å². The molecule has 0 aliphatic rings. The lowest BCUT2D eigenvalue weighted by Crippen LogP contribution is -2.12. The van der Waals surface area contributed by atoms with E-state index in [1.165, 1.54) is 17.3 Å². The summed E-state index contributed by atoms with van der Waals surface area (Å²) in [5, 5.41) is 22.0. The standard InChI is InChI=1S/C25H27N5O3S2/c1-4-14-30-20(12-11-18-9-7-6-8-10-18)28-29-25(30)34-15-13-21(31)27-23-19(16-26)17(3)22(35-23)24(32)33-5-2/h4,6-10H,1,5,11-15H2,2-3H3,(H,27,31). The Morgan fingerprint density at radius 2 is 2.06 bits per heavy atom. The number of thioether (sulfide) groups is 1. The maximum Gasteiger partial charge on any atom is 0.348 e. The Bertz CT molecular complexity index is 1230. The summed E-state index contributed by atoms with van der Waals surface area (Å²) in [6.45, 7) is 8.05. The predicted octanol–water partition coefficient (Wildman–Crippen LogP) is 4.79. The van der Waals surface area contributed by atoms with E-state index in [0.29, 0.717) is 27.7 Å². The highest BCUT2D eigenvalue weighted by atomic mass is 32.2. The SMILES string of the molecule is C=CCn1c(CCc2ccccc2)nnc1SCCC(=O)Nc1sc(C(=O)OCC)c(C)c1C#N. The molecule has 0 atom stereocenters. The van der Waals surface area contributed by atoms with Crippen molar-refractivity contribution in [2.24, 2.45) is 0 Å². The molecule has 0 radical (unpaired) electrons. The highest BCUT2D eigenvalue weighted by Crippen LogP contribution is 2.33. The molecule has 10 heteroatoms. The first-order valence-electron chi connectivity index (χ1n) is 11.2. The normalized spacial score (nSPS) is 10.5. The lowest BCUT2D eigenvalue weighted by molar-refractivity contribution is -0.115. The molecule has 0 saturated heterocycles. The van der Waals surface area contributed by atoms with Crippen molar-refractivity contribution in [1.29, 1.82) is 5.26 Å². The summed E-state index contributed by atoms with van der Waals surface area (Å²) >= 11 is 2.50. The number of nitrogens with one attached hydrogen (secondary N) is 1. The van der Waals surface area contributed by atoms with Gasteiger partial charge in [-0.15, -0.1) is 28.1 Å². The minimum absolute atomic E-state index is 0.210. The molecule has 3 rings (SSSR count). The fourth-order valence-corrected chi connectivity index (χ4v) is 5.35. The van der Waals surface area contributed by atoms with Crippen molar-refractivity contribution in [2.45, 2.75) is 44.8 Å². The summed E-state index contributed by atoms with van der Waals surface area (Å²) in [6.07, 6.45) is 3.62. The second-order valence-electron chi connectivity index (χ2n) is 7.52. The molecular weight excluding hydrogens is 482 g/mol. The van der Waals surface area contributed by atoms with E-state index in [2.05, 4.69) is 40.3 Å². The minimum Gasteiger partial charge on any atom is -0.462 e. The van der Waals surface area contributed by atoms with Crippen LogP contribution in [-0.2, 0) is 28.9 Å². The average molecular weight is 510 g/mol. The van der Waals surface area contributed by atoms with Crippen LogP contribution in [0.2, 0.25) is 0 Å². The van der Waals surface area contributed by atoms with Crippen LogP contribution >= 0.6 is 23.1 Å². The van der Waals surface area contributed by atoms with Crippen molar-refractivity contribution in [1.82, 2.24) is 14.8 Å². The van der Waals surface area contributed by atoms with E-state index in [1.807, 2.05) is 22.8 Å². The molecule has 1 aromatic carbocycles. The number of aryl methyl sites for hydroxylation is 2. The second kappa shape index (κ2) is 12.9. The number of hydrogen-bond donors (Lipinski definition) is 1. The van der Waals surface area contributed by atoms with Gasteiger partial charge in [-0.05, 0) is 31.4 Å². The van der Waals surface area contributed by atoms with Crippen LogP contribution in [0.4, 0.5) is 5.00 Å². The summed E-state index contributed by atoms with van der Waals surface area (Å²) in [4.78, 5) is 25.0. The molecule has 1 amide bonds. The zero-order chi connectivity index (χ0) is 25.2. The van der Waals surface area contributed by atoms with Gasteiger partial charge < -0.3 is 14.6 Å². The van der Waals surface area contributed by atoms with Gasteiger partial charge in [0.15, 0.2) is 5.16 Å². The number of rotatable bonds is 12. The van der Waals surface area contributed by atoms with Crippen LogP contribution in [0, 0.1) is 18.3 Å². The molecule has 8 nitrogen and oxygen atoms in total. The first kappa shape index (κ1) is 26.2. The van der Waals surface area contributed by atoms with Crippen molar-refractivity contribution in [3.05, 3.63) is 70.4 Å². The van der Waals surface area contributed by atoms with E-state index in [9.17, 15) is 14.9 Å². The van der Waals surface area contributed by atoms with Crippen LogP contribution in [-0.4, -0.2) is 39.0 Å². The minimum atomic E-state index is -0.493. The number of esters is 1. The summed E-state index contributed by atoms with van der Waals surface area (Å²) in [7, 11) is 0. The fourth-order valence-electron chi connectivity index (χ4n) is 3.38. The quantitative estimate of drug-likeness (QED) is 0.212. The maximum absolute atomic E-state index is 12.6. The number of aromatic nitrogens is 3. The lowest BCUT2D eigenvalue weighted by atomic mass is 10.1. The summed E-state index contributed by atoms with van der Waals surface area (Å²) in [6, 6.07) is 12.3. The number of thiophene rings is 1. The number of amides is 1. The smallest absolute Gasteiger partial charge is 0.348 e. The van der Waals surface area contributed by atoms with Crippen LogP contribution in [0.1, 0.15) is 45.5 Å². The fraction of sp³-hybridized carbons (Fsp3) is 0.320. The number of hydrogen-bond acceptors (Lipinski definition) is 8. The number of carbonyl (C=O) groups is 2. The lowest BCUT2D eigenvalue weighted by Gasteiger charge is -2.08. The van der Waals surface area contributed by atoms with Crippen molar-refractivity contribution in [3.63, 3.8) is 0 Å². The van der Waals surface area contributed by atoms with Gasteiger partial charge in [-0.3, -0.25) is 4.79 Å². The number of carbonyl (C=O) groups excluding carboxylic acids is 2. The van der Waals surface area contributed by atoms with E-state index in [0.717, 1.165) is 35.2 Å². The van der Waals surface area contributed by atoms with Crippen LogP contribution in [0.5, 0.6) is 0 Å². The number of nitrogens with zero attached hydrogens (tertiary/aromatic N) is 4. The molecule has 0 saturated carbocycles. The number of anilines is 1. The van der Waals surface area contributed by atoms with Gasteiger partial charge >= 0.3 is 5.97 Å². The molecular formula is C25H27N5O3S2. The van der Waals surface area contributed by atoms with E-state index >= 15 is 0 Å². The largest absolute Gasteiger partial charge is 0.462 e. The van der Waals surface area contributed by atoms with Gasteiger partial charge in [0.2, 0.25) is 5.91 Å². The Kier molecular flexibility index (Phi) is 9.64. The first-order valence-corrected chi connectivity index (χ1v) is 13.0. The van der Waals surface area contributed by atoms with Gasteiger partial charge in [-0.1, -0.05) is 48.2 Å². The van der Waals surface area contributed by atoms with Gasteiger partial charge in [0.25, 0.3) is 0 Å². The van der Waals surface area contributed by atoms with Crippen LogP contribution < -0.4 is 5.32 Å². The zero-order valence-corrected chi connectivity index (χ0v) is 21.4. The van der Waals surface area contributed by atoms with Gasteiger partial charge in [-0.2, -0.15) is 5.26 Å². The third-order valence-electron chi connectivity index (χ3n) is 5.12. The first-order chi connectivity index (χ1) is 17.0. The summed E-state index contributed by atoms with van der Waals surface area (Å²) in [5.74, 6) is 0.619. The maximum atomic E-state index is 12.6. The Hall–Kier alpha value is -3.42. The molecule has 2 aromatic heterocycles. The Morgan fingerprint density at radius 3 is 2.74 bits per heavy atom. The van der Waals surface area contributed by atoms with Gasteiger partial charge in [0.05, 0.1) is 12.2 Å². The molecule has 0 aliphatic carbocycles. The summed E-state index contributed by atoms with van der Waals surface area (Å²) in [5.41, 5.74) is 2.03. The third kappa shape index (κ3) is 6.81. The molecule has 182 valence electrons. The van der Waals surface area contributed by atoms with E-state index in [-0.39, 0.29) is 24.5 Å². The van der Waals surface area contributed by atoms with E-state index < -0.39 is 5.97 Å². The Morgan fingerprint density at radius 1 is 1.29 bits per heavy atom. The van der Waals surface area contributed by atoms with Gasteiger partial charge in [-0.25, -0.2) is 4.79 Å². The second-order valence-corrected chi connectivity index (χ2v) is 9.61. The summed E-state index contributed by atoms with van der Waals surface area (Å²) < 4.78 is 7.05. The highest BCUT2D eigenvalue weighted by molar-refractivity contribution is 7.99. The Labute approximate surface area is 213 Å². The van der Waals surface area contributed by atoms with Gasteiger partial charge in [0, 0.05) is 25.1 Å². The molecule has 0 bridgehead atoms. The zero-order valence-electron chi connectivity index (χ0n) is 19.7. The molecule has 0 fully saturated rings. The van der Waals surface area contributed by atoms with E-state index in [4.69, 9.17) is 4.74 Å². The number of benzene rings is 1. The third-order valence-corrected chi connectivity index (χ3v) is 7.27. The number of nitriles is 1. The topological polar surface area (TPSA) is 110 Å². The van der Waals surface area contributed by atoms with E-state index in [1.54, 1.807) is 19.9 Å². The van der Waals surface area contributed by atoms with Crippen molar-refractivity contribution >= 4 is 40.0 Å². The van der Waals surface area contributed by atoms with Crippen molar-refractivity contribution in [3.8, 4) is 6.07 Å². The van der Waals surface area contributed by atoms with Gasteiger partial charge in [0.1, 0.15) is 21.8 Å². The Balaban J connectivity index is 1.59. The number of ether oxygens (including phenoxy) is 1. The highest BCUT2D eigenvalue weighted by Gasteiger charge is 2.22. The molecule has 1 N–H and O–H groups in total. The molecule has 0 spiro atoms. The molecule has 3 aromatic rings. The van der Waals surface area contributed by atoms with Crippen LogP contribution in [0.15, 0.2) is 48.1 Å². The average Bonchev–Trinajstić information content (AvgIpc) is 3.38. The molecule has 35 heavy (non-hydrogen) atoms. The van der Waals surface area contributed by atoms with Crippen LogP contribution in [0.25, 0.3) is 0 Å². The van der Waals surface area contributed by atoms with Crippen LogP contribution in [0.3, 0.4) is 0 Å². The molecule has 2 heterocycles. The number of allylic oxidation sites excluding steroid dienone is 1. The predicted molar refractivity (Wildman–Crippen MR) is 138 cm³/mol. The monoisotopic (exact) mass is 509 g/mol. The molecule has 0 unspecified atom stereocenters. The molecule has 0 aliphatic heterocycles.